The Kier molecular flexibility index (Phi) is 17.7. The Hall–Kier alpha value is 0.350. The van der Waals surface area contributed by atoms with Gasteiger partial charge in [-0.1, -0.05) is 84.5 Å². The van der Waals surface area contributed by atoms with Gasteiger partial charge in [0.25, 0.3) is 0 Å². The zero-order valence-corrected chi connectivity index (χ0v) is 13.8. The number of thioether (sulfide) groups is 1. The van der Waals surface area contributed by atoms with Crippen LogP contribution in [-0.4, -0.2) is 11.5 Å². The van der Waals surface area contributed by atoms with Gasteiger partial charge in [-0.05, 0) is 24.3 Å². The molecule has 0 atom stereocenters. The topological polar surface area (TPSA) is 0 Å². The lowest BCUT2D eigenvalue weighted by Gasteiger charge is -2.03. The predicted octanol–water partition coefficient (Wildman–Crippen LogP) is 6.83. The van der Waals surface area contributed by atoms with Gasteiger partial charge in [0.15, 0.2) is 0 Å². The van der Waals surface area contributed by atoms with E-state index >= 15 is 0 Å². The maximum Gasteiger partial charge on any atom is -0.00675 e. The SMILES string of the molecule is CCCCCCCCCSCCCCCCCC. The van der Waals surface area contributed by atoms with Crippen molar-refractivity contribution in [2.75, 3.05) is 11.5 Å². The van der Waals surface area contributed by atoms with E-state index < -0.39 is 0 Å². The van der Waals surface area contributed by atoms with Gasteiger partial charge in [-0.2, -0.15) is 11.8 Å². The fourth-order valence-corrected chi connectivity index (χ4v) is 3.27. The lowest BCUT2D eigenvalue weighted by Crippen LogP contribution is -1.86. The van der Waals surface area contributed by atoms with Gasteiger partial charge < -0.3 is 0 Å². The Labute approximate surface area is 121 Å². The Morgan fingerprint density at radius 3 is 1.17 bits per heavy atom. The van der Waals surface area contributed by atoms with E-state index in [1.54, 1.807) is 0 Å². The largest absolute Gasteiger partial charge is 0.162 e. The molecule has 0 saturated heterocycles. The van der Waals surface area contributed by atoms with E-state index in [9.17, 15) is 0 Å². The minimum absolute atomic E-state index is 1.37. The van der Waals surface area contributed by atoms with Gasteiger partial charge in [0.05, 0.1) is 0 Å². The Morgan fingerprint density at radius 2 is 0.778 bits per heavy atom. The van der Waals surface area contributed by atoms with Gasteiger partial charge in [0.2, 0.25) is 0 Å². The molecule has 18 heavy (non-hydrogen) atoms. The molecule has 1 heteroatoms. The molecule has 0 aliphatic carbocycles. The van der Waals surface area contributed by atoms with Gasteiger partial charge in [-0.3, -0.25) is 0 Å². The average molecular weight is 273 g/mol. The first-order valence-electron chi connectivity index (χ1n) is 8.49. The number of hydrogen-bond acceptors (Lipinski definition) is 1. The van der Waals surface area contributed by atoms with Gasteiger partial charge in [-0.15, -0.1) is 0 Å². The quantitative estimate of drug-likeness (QED) is 0.294. The minimum atomic E-state index is 1.37. The van der Waals surface area contributed by atoms with Crippen molar-refractivity contribution in [3.8, 4) is 0 Å². The van der Waals surface area contributed by atoms with Crippen molar-refractivity contribution in [1.29, 1.82) is 0 Å². The molecule has 110 valence electrons. The number of unbranched alkanes of at least 4 members (excludes halogenated alkanes) is 11. The van der Waals surface area contributed by atoms with Crippen molar-refractivity contribution in [1.82, 2.24) is 0 Å². The Morgan fingerprint density at radius 1 is 0.444 bits per heavy atom. The molecule has 0 unspecified atom stereocenters. The summed E-state index contributed by atoms with van der Waals surface area (Å²) in [6.45, 7) is 4.58. The zero-order valence-electron chi connectivity index (χ0n) is 13.0. The summed E-state index contributed by atoms with van der Waals surface area (Å²) in [6.07, 6.45) is 18.8. The molecule has 0 spiro atoms. The van der Waals surface area contributed by atoms with Crippen LogP contribution in [0.3, 0.4) is 0 Å². The maximum absolute atomic E-state index is 2.29. The lowest BCUT2D eigenvalue weighted by molar-refractivity contribution is 0.603. The molecule has 0 rings (SSSR count). The molecule has 0 nitrogen and oxygen atoms in total. The normalized spacial score (nSPS) is 11.0. The Balaban J connectivity index is 2.86. The highest BCUT2D eigenvalue weighted by Crippen LogP contribution is 2.13. The van der Waals surface area contributed by atoms with Crippen molar-refractivity contribution >= 4 is 11.8 Å². The molecule has 0 aromatic rings. The van der Waals surface area contributed by atoms with Crippen LogP contribution in [0.15, 0.2) is 0 Å². The third-order valence-electron chi connectivity index (χ3n) is 3.53. The molecule has 0 amide bonds. The fraction of sp³-hybridized carbons (Fsp3) is 1.00. The van der Waals surface area contributed by atoms with Crippen molar-refractivity contribution < 1.29 is 0 Å². The molecule has 0 heterocycles. The van der Waals surface area contributed by atoms with Gasteiger partial charge in [-0.25, -0.2) is 0 Å². The molecule has 0 aliphatic heterocycles. The molecule has 0 fully saturated rings. The van der Waals surface area contributed by atoms with Crippen LogP contribution in [0.2, 0.25) is 0 Å². The van der Waals surface area contributed by atoms with E-state index in [1.807, 2.05) is 0 Å². The molecule has 0 saturated carbocycles. The highest BCUT2D eigenvalue weighted by atomic mass is 32.2. The van der Waals surface area contributed by atoms with Gasteiger partial charge in [0.1, 0.15) is 0 Å². The molecule has 0 aliphatic rings. The standard InChI is InChI=1S/C17H36S/c1-3-5-7-9-11-13-15-17-18-16-14-12-10-8-6-4-2/h3-17H2,1-2H3. The third-order valence-corrected chi connectivity index (χ3v) is 4.69. The highest BCUT2D eigenvalue weighted by Gasteiger charge is 1.93. The number of hydrogen-bond donors (Lipinski definition) is 0. The first-order valence-corrected chi connectivity index (χ1v) is 9.65. The second-order valence-corrected chi connectivity index (χ2v) is 6.73. The first-order chi connectivity index (χ1) is 8.91. The summed E-state index contributed by atoms with van der Waals surface area (Å²) in [4.78, 5) is 0. The summed E-state index contributed by atoms with van der Waals surface area (Å²) in [7, 11) is 0. The number of rotatable bonds is 15. The Bertz CT molecular complexity index is 118. The van der Waals surface area contributed by atoms with Gasteiger partial charge >= 0.3 is 0 Å². The monoisotopic (exact) mass is 272 g/mol. The smallest absolute Gasteiger partial charge is 0.00675 e. The second kappa shape index (κ2) is 17.4. The van der Waals surface area contributed by atoms with Crippen molar-refractivity contribution in [2.24, 2.45) is 0 Å². The fourth-order valence-electron chi connectivity index (χ4n) is 2.25. The summed E-state index contributed by atoms with van der Waals surface area (Å²) in [6, 6.07) is 0. The van der Waals surface area contributed by atoms with Crippen molar-refractivity contribution in [2.45, 2.75) is 97.3 Å². The summed E-state index contributed by atoms with van der Waals surface area (Å²) in [5.74, 6) is 2.81. The lowest BCUT2D eigenvalue weighted by atomic mass is 10.1. The van der Waals surface area contributed by atoms with E-state index in [2.05, 4.69) is 25.6 Å². The van der Waals surface area contributed by atoms with Gasteiger partial charge in [0, 0.05) is 0 Å². The van der Waals surface area contributed by atoms with Crippen LogP contribution < -0.4 is 0 Å². The van der Waals surface area contributed by atoms with E-state index in [1.165, 1.54) is 95.0 Å². The van der Waals surface area contributed by atoms with E-state index in [4.69, 9.17) is 0 Å². The van der Waals surface area contributed by atoms with Crippen LogP contribution in [-0.2, 0) is 0 Å². The van der Waals surface area contributed by atoms with E-state index in [0.29, 0.717) is 0 Å². The van der Waals surface area contributed by atoms with Crippen LogP contribution in [0, 0.1) is 0 Å². The molecular formula is C17H36S. The van der Waals surface area contributed by atoms with Crippen LogP contribution in [0.5, 0.6) is 0 Å². The van der Waals surface area contributed by atoms with Crippen molar-refractivity contribution in [3.05, 3.63) is 0 Å². The van der Waals surface area contributed by atoms with Crippen LogP contribution >= 0.6 is 11.8 Å². The second-order valence-electron chi connectivity index (χ2n) is 5.50. The molecule has 0 aromatic carbocycles. The summed E-state index contributed by atoms with van der Waals surface area (Å²) in [5, 5.41) is 0. The summed E-state index contributed by atoms with van der Waals surface area (Å²) >= 11 is 2.19. The third kappa shape index (κ3) is 16.4. The zero-order chi connectivity index (χ0) is 13.3. The minimum Gasteiger partial charge on any atom is -0.162 e. The van der Waals surface area contributed by atoms with Crippen LogP contribution in [0.4, 0.5) is 0 Å². The molecule has 0 radical (unpaired) electrons. The summed E-state index contributed by atoms with van der Waals surface area (Å²) < 4.78 is 0. The van der Waals surface area contributed by atoms with E-state index in [0.717, 1.165) is 0 Å². The average Bonchev–Trinajstić information content (AvgIpc) is 2.39. The van der Waals surface area contributed by atoms with Crippen molar-refractivity contribution in [3.63, 3.8) is 0 Å². The molecule has 0 N–H and O–H groups in total. The molecule has 0 bridgehead atoms. The maximum atomic E-state index is 2.29. The van der Waals surface area contributed by atoms with E-state index in [-0.39, 0.29) is 0 Å². The molecular weight excluding hydrogens is 236 g/mol. The first kappa shape index (κ1) is 18.4. The van der Waals surface area contributed by atoms with Crippen LogP contribution in [0.1, 0.15) is 97.3 Å². The van der Waals surface area contributed by atoms with Crippen LogP contribution in [0.25, 0.3) is 0 Å². The summed E-state index contributed by atoms with van der Waals surface area (Å²) in [5.41, 5.74) is 0. The predicted molar refractivity (Wildman–Crippen MR) is 88.7 cm³/mol. The molecule has 0 aromatic heterocycles. The highest BCUT2D eigenvalue weighted by molar-refractivity contribution is 7.99.